The number of rotatable bonds is 22. The second-order valence-corrected chi connectivity index (χ2v) is 22.1. The zero-order valence-corrected chi connectivity index (χ0v) is 46.3. The van der Waals surface area contributed by atoms with Crippen molar-refractivity contribution in [2.45, 2.75) is 55.2 Å². The van der Waals surface area contributed by atoms with Gasteiger partial charge in [-0.1, -0.05) is 79.7 Å². The fourth-order valence-electron chi connectivity index (χ4n) is 10.3. The van der Waals surface area contributed by atoms with E-state index in [9.17, 15) is 9.59 Å². The van der Waals surface area contributed by atoms with E-state index in [1.165, 1.54) is 19.0 Å². The van der Waals surface area contributed by atoms with Crippen molar-refractivity contribution in [3.63, 3.8) is 0 Å². The number of carbonyl (C=O) groups excluding carboxylic acids is 1. The van der Waals surface area contributed by atoms with E-state index in [-0.39, 0.29) is 74.1 Å². The Balaban J connectivity index is 0.935. The number of phosphoric ester groups is 1. The molecule has 1 amide bonds. The molecule has 0 spiro atoms. The molecule has 7 heterocycles. The highest BCUT2D eigenvalue weighted by Gasteiger charge is 2.61. The van der Waals surface area contributed by atoms with E-state index in [2.05, 4.69) is 40.1 Å². The Bertz CT molecular complexity index is 3670. The van der Waals surface area contributed by atoms with Gasteiger partial charge in [0.05, 0.1) is 57.7 Å². The molecule has 0 aliphatic carbocycles. The van der Waals surface area contributed by atoms with E-state index in [4.69, 9.17) is 52.9 Å². The van der Waals surface area contributed by atoms with E-state index >= 15 is 4.57 Å². The monoisotopic (exact) mass is 1140 g/mol. The third-order valence-corrected chi connectivity index (χ3v) is 16.9. The standard InChI is InChI=1S/C56H56N11O12PS/c1-34-47-53(67-33-60-46-50(67)63-54(64-52(46)69)61-32-66(3)4)78-55(34,29-73-47)30-76-80(70,75-26-25-57-2)79-41-27-42(48-44-45(65-81-48)49(59-31-58-44)62-51(68)35-13-9-7-10-14-35)77-43(41)28-74-56(36-15-11-8-12-16-36,37-17-21-39(71-5)22-18-37)38-19-23-40(72-6)24-20-38/h7-24,31-34,41-43,47,53H,25-30H2,1,3-6H3,(H,63,64,69)(H,58,59,62,68)/t34-,41-,42+,43+,47+,53+,55+,80?/m0/s1. The van der Waals surface area contributed by atoms with Crippen molar-refractivity contribution >= 4 is 65.6 Å². The number of fused-ring (bicyclic) bond motifs is 4. The minimum atomic E-state index is -4.69. The summed E-state index contributed by atoms with van der Waals surface area (Å²) < 4.78 is 79.6. The third-order valence-electron chi connectivity index (χ3n) is 14.5. The van der Waals surface area contributed by atoms with E-state index in [0.29, 0.717) is 33.0 Å². The average Bonchev–Trinajstić information content (AvgIpc) is 3.89. The number of anilines is 1. The Morgan fingerprint density at radius 3 is 2.32 bits per heavy atom. The van der Waals surface area contributed by atoms with Gasteiger partial charge in [0, 0.05) is 32.0 Å². The second-order valence-electron chi connectivity index (χ2n) is 19.6. The minimum Gasteiger partial charge on any atom is -0.497 e. The molecule has 11 rings (SSSR count). The van der Waals surface area contributed by atoms with Crippen LogP contribution in [-0.2, 0) is 42.7 Å². The first-order valence-electron chi connectivity index (χ1n) is 25.8. The number of aromatic nitrogens is 7. The smallest absolute Gasteiger partial charge is 0.475 e. The number of carbonyl (C=O) groups is 1. The molecular weight excluding hydrogens is 1080 g/mol. The highest BCUT2D eigenvalue weighted by Crippen LogP contribution is 2.58. The SMILES string of the molecule is [C-]#[N+]CCOP(=O)(OC[C@@]12CO[C@@H]([C@H](n3cnc4c(=O)[nH]c(N=CN(C)C)nc43)O1)[C@@H]2C)O[C@H]1C[C@H](c2snc3c(NC(=O)c4ccccc4)ncnc23)O[C@@H]1COC(c1ccccc1)(c1ccc(OC)cc1)c1ccc(OC)cc1. The van der Waals surface area contributed by atoms with Gasteiger partial charge in [0.2, 0.25) is 12.5 Å². The van der Waals surface area contributed by atoms with Crippen molar-refractivity contribution in [1.29, 1.82) is 0 Å². The van der Waals surface area contributed by atoms with Crippen molar-refractivity contribution in [1.82, 2.24) is 38.8 Å². The summed E-state index contributed by atoms with van der Waals surface area (Å²) in [7, 11) is 2.09. The van der Waals surface area contributed by atoms with Gasteiger partial charge >= 0.3 is 7.82 Å². The molecule has 418 valence electrons. The molecule has 4 aromatic heterocycles. The van der Waals surface area contributed by atoms with Gasteiger partial charge in [-0.25, -0.2) is 31.1 Å². The molecule has 8 atom stereocenters. The fourth-order valence-corrected chi connectivity index (χ4v) is 12.6. The minimum absolute atomic E-state index is 0.0495. The average molecular weight is 1140 g/mol. The number of amides is 1. The highest BCUT2D eigenvalue weighted by molar-refractivity contribution is 7.48. The number of ether oxygens (including phenoxy) is 6. The molecule has 25 heteroatoms. The summed E-state index contributed by atoms with van der Waals surface area (Å²) in [6, 6.07) is 33.6. The number of hydrogen-bond donors (Lipinski definition) is 2. The van der Waals surface area contributed by atoms with Crippen molar-refractivity contribution in [2.75, 3.05) is 66.6 Å². The van der Waals surface area contributed by atoms with Crippen molar-refractivity contribution in [2.24, 2.45) is 10.9 Å². The summed E-state index contributed by atoms with van der Waals surface area (Å²) in [6.07, 6.45) is 0.111. The van der Waals surface area contributed by atoms with Gasteiger partial charge in [-0.05, 0) is 64.6 Å². The molecule has 0 radical (unpaired) electrons. The highest BCUT2D eigenvalue weighted by atomic mass is 32.1. The third kappa shape index (κ3) is 11.0. The van der Waals surface area contributed by atoms with Crippen LogP contribution in [0.15, 0.2) is 132 Å². The molecular formula is C56H56N11O12PS. The number of imidazole rings is 1. The molecule has 1 unspecified atom stereocenters. The zero-order chi connectivity index (χ0) is 56.3. The molecule has 3 aliphatic heterocycles. The number of H-pyrrole nitrogens is 1. The lowest BCUT2D eigenvalue weighted by atomic mass is 9.80. The Kier molecular flexibility index (Phi) is 15.9. The first-order chi connectivity index (χ1) is 39.3. The first-order valence-corrected chi connectivity index (χ1v) is 28.1. The summed E-state index contributed by atoms with van der Waals surface area (Å²) in [5, 5.41) is 2.87. The number of aromatic amines is 1. The van der Waals surface area contributed by atoms with Gasteiger partial charge in [0.1, 0.15) is 65.0 Å². The molecule has 3 aliphatic rings. The van der Waals surface area contributed by atoms with Crippen LogP contribution in [0.5, 0.6) is 11.5 Å². The lowest BCUT2D eigenvalue weighted by Gasteiger charge is -2.37. The summed E-state index contributed by atoms with van der Waals surface area (Å²) in [6.45, 7) is 8.57. The van der Waals surface area contributed by atoms with Crippen LogP contribution in [0.2, 0.25) is 0 Å². The first kappa shape index (κ1) is 55.1. The van der Waals surface area contributed by atoms with Crippen molar-refractivity contribution in [3.05, 3.63) is 171 Å². The van der Waals surface area contributed by atoms with Crippen LogP contribution >= 0.6 is 19.4 Å². The maximum atomic E-state index is 15.5. The maximum absolute atomic E-state index is 15.5. The van der Waals surface area contributed by atoms with E-state index in [1.807, 2.05) is 91.9 Å². The molecule has 3 saturated heterocycles. The Hall–Kier alpha value is -7.82. The Labute approximate surface area is 468 Å². The van der Waals surface area contributed by atoms with Crippen LogP contribution in [0.25, 0.3) is 27.0 Å². The summed E-state index contributed by atoms with van der Waals surface area (Å²) in [5.74, 6) is 0.798. The predicted octanol–water partition coefficient (Wildman–Crippen LogP) is 8.30. The van der Waals surface area contributed by atoms with Gasteiger partial charge in [-0.3, -0.25) is 32.7 Å². The zero-order valence-electron chi connectivity index (χ0n) is 44.6. The number of methoxy groups -OCH3 is 2. The lowest BCUT2D eigenvalue weighted by Crippen LogP contribution is -2.42. The lowest BCUT2D eigenvalue weighted by molar-refractivity contribution is -0.183. The van der Waals surface area contributed by atoms with Crippen LogP contribution in [0, 0.1) is 12.5 Å². The molecule has 4 aromatic carbocycles. The molecule has 81 heavy (non-hydrogen) atoms. The molecule has 3 fully saturated rings. The number of nitrogens with one attached hydrogen (secondary N) is 2. The fraction of sp³-hybridized carbons (Fsp3) is 0.339. The largest absolute Gasteiger partial charge is 0.497 e. The van der Waals surface area contributed by atoms with Crippen LogP contribution in [0.4, 0.5) is 11.8 Å². The maximum Gasteiger partial charge on any atom is 0.475 e. The van der Waals surface area contributed by atoms with E-state index in [1.54, 1.807) is 62.0 Å². The summed E-state index contributed by atoms with van der Waals surface area (Å²) >= 11 is 1.11. The quantitative estimate of drug-likeness (QED) is 0.0162. The van der Waals surface area contributed by atoms with Crippen molar-refractivity contribution in [3.8, 4) is 11.5 Å². The van der Waals surface area contributed by atoms with E-state index < -0.39 is 55.2 Å². The summed E-state index contributed by atoms with van der Waals surface area (Å²) in [4.78, 5) is 57.1. The molecule has 2 N–H and O–H groups in total. The molecule has 2 bridgehead atoms. The Morgan fingerprint density at radius 2 is 1.64 bits per heavy atom. The predicted molar refractivity (Wildman–Crippen MR) is 298 cm³/mol. The number of benzene rings is 4. The van der Waals surface area contributed by atoms with E-state index in [0.717, 1.165) is 28.2 Å². The van der Waals surface area contributed by atoms with Gasteiger partial charge < -0.3 is 43.5 Å². The Morgan fingerprint density at radius 1 is 0.951 bits per heavy atom. The number of phosphoric acid groups is 1. The topological polar surface area (TPSA) is 251 Å². The van der Waals surface area contributed by atoms with Crippen molar-refractivity contribution < 1.29 is 51.4 Å². The molecule has 8 aromatic rings. The molecule has 0 saturated carbocycles. The normalized spacial score (nSPS) is 22.3. The van der Waals surface area contributed by atoms with Crippen LogP contribution in [-0.4, -0.2) is 136 Å². The number of aliphatic imine (C=N–C) groups is 1. The van der Waals surface area contributed by atoms with Gasteiger partial charge in [-0.15, -0.1) is 0 Å². The van der Waals surface area contributed by atoms with Gasteiger partial charge in [0.15, 0.2) is 23.2 Å². The van der Waals surface area contributed by atoms with Crippen LogP contribution in [0.3, 0.4) is 0 Å². The van der Waals surface area contributed by atoms with Gasteiger partial charge in [-0.2, -0.15) is 9.36 Å². The van der Waals surface area contributed by atoms with Crippen LogP contribution in [0.1, 0.15) is 57.6 Å². The molecule has 23 nitrogen and oxygen atoms in total. The number of nitrogens with zero attached hydrogens (tertiary/aromatic N) is 9. The number of hydrogen-bond acceptors (Lipinski definition) is 19. The second kappa shape index (κ2) is 23.3. The summed E-state index contributed by atoms with van der Waals surface area (Å²) in [5.41, 5.74) is 0.776. The van der Waals surface area contributed by atoms with Crippen LogP contribution < -0.4 is 20.3 Å². The van der Waals surface area contributed by atoms with Gasteiger partial charge in [0.25, 0.3) is 11.5 Å².